The minimum atomic E-state index is -0.233. The second-order valence-electron chi connectivity index (χ2n) is 5.85. The summed E-state index contributed by atoms with van der Waals surface area (Å²) in [5.74, 6) is -0.436. The molecule has 1 N–H and O–H groups in total. The third-order valence-corrected chi connectivity index (χ3v) is 3.88. The number of hydrogen-bond acceptors (Lipinski definition) is 2. The smallest absolute Gasteiger partial charge is 0.236 e. The summed E-state index contributed by atoms with van der Waals surface area (Å²) in [5, 5.41) is 2.84. The highest BCUT2D eigenvalue weighted by molar-refractivity contribution is 6.04. The fourth-order valence-electron chi connectivity index (χ4n) is 2.36. The lowest BCUT2D eigenvalue weighted by molar-refractivity contribution is -0.128. The Hall–Kier alpha value is -2.62. The topological polar surface area (TPSA) is 49.4 Å². The van der Waals surface area contributed by atoms with E-state index < -0.39 is 0 Å². The normalized spacial score (nSPS) is 11.6. The van der Waals surface area contributed by atoms with Crippen LogP contribution in [-0.2, 0) is 16.1 Å². The number of hydrogen-bond donors (Lipinski definition) is 1. The zero-order chi connectivity index (χ0) is 17.4. The summed E-state index contributed by atoms with van der Waals surface area (Å²) in [4.78, 5) is 26.4. The SMILES string of the molecule is CCC(C)NC(=O)CC(=O)N(Cc1ccccc1)c1ccccc1. The molecule has 0 aromatic heterocycles. The third kappa shape index (κ3) is 5.23. The molecule has 1 unspecified atom stereocenters. The molecule has 4 heteroatoms. The molecule has 2 amide bonds. The van der Waals surface area contributed by atoms with Crippen LogP contribution in [0, 0.1) is 0 Å². The maximum Gasteiger partial charge on any atom is 0.236 e. The maximum atomic E-state index is 12.7. The van der Waals surface area contributed by atoms with Crippen molar-refractivity contribution in [2.24, 2.45) is 0 Å². The highest BCUT2D eigenvalue weighted by atomic mass is 16.2. The lowest BCUT2D eigenvalue weighted by Crippen LogP contribution is -2.38. The van der Waals surface area contributed by atoms with E-state index in [1.54, 1.807) is 4.90 Å². The van der Waals surface area contributed by atoms with Crippen LogP contribution >= 0.6 is 0 Å². The second kappa shape index (κ2) is 8.87. The Morgan fingerprint density at radius 2 is 1.58 bits per heavy atom. The first-order valence-corrected chi connectivity index (χ1v) is 8.29. The van der Waals surface area contributed by atoms with Crippen molar-refractivity contribution in [3.8, 4) is 0 Å². The second-order valence-corrected chi connectivity index (χ2v) is 5.85. The molecule has 126 valence electrons. The average molecular weight is 324 g/mol. The van der Waals surface area contributed by atoms with Gasteiger partial charge >= 0.3 is 0 Å². The van der Waals surface area contributed by atoms with E-state index in [2.05, 4.69) is 5.32 Å². The van der Waals surface area contributed by atoms with E-state index in [1.165, 1.54) is 0 Å². The standard InChI is InChI=1S/C20H24N2O2/c1-3-16(2)21-19(23)14-20(24)22(18-12-8-5-9-13-18)15-17-10-6-4-7-11-17/h4-13,16H,3,14-15H2,1-2H3,(H,21,23). The number of nitrogens with zero attached hydrogens (tertiary/aromatic N) is 1. The maximum absolute atomic E-state index is 12.7. The van der Waals surface area contributed by atoms with E-state index in [0.717, 1.165) is 17.7 Å². The molecule has 24 heavy (non-hydrogen) atoms. The highest BCUT2D eigenvalue weighted by Crippen LogP contribution is 2.18. The molecule has 0 bridgehead atoms. The first kappa shape index (κ1) is 17.7. The molecule has 0 fully saturated rings. The number of benzene rings is 2. The van der Waals surface area contributed by atoms with E-state index in [4.69, 9.17) is 0 Å². The van der Waals surface area contributed by atoms with Crippen molar-refractivity contribution in [1.82, 2.24) is 5.32 Å². The Bertz CT molecular complexity index is 656. The molecule has 0 radical (unpaired) electrons. The summed E-state index contributed by atoms with van der Waals surface area (Å²) in [7, 11) is 0. The average Bonchev–Trinajstić information content (AvgIpc) is 2.61. The monoisotopic (exact) mass is 324 g/mol. The molecule has 2 aromatic carbocycles. The fraction of sp³-hybridized carbons (Fsp3) is 0.300. The van der Waals surface area contributed by atoms with Crippen LogP contribution < -0.4 is 10.2 Å². The van der Waals surface area contributed by atoms with Crippen LogP contribution in [0.3, 0.4) is 0 Å². The lowest BCUT2D eigenvalue weighted by Gasteiger charge is -2.23. The van der Waals surface area contributed by atoms with Gasteiger partial charge in [0.05, 0.1) is 6.54 Å². The van der Waals surface area contributed by atoms with Crippen molar-refractivity contribution in [3.63, 3.8) is 0 Å². The summed E-state index contributed by atoms with van der Waals surface area (Å²) < 4.78 is 0. The van der Waals surface area contributed by atoms with Crippen LogP contribution in [0.1, 0.15) is 32.3 Å². The van der Waals surface area contributed by atoms with Crippen molar-refractivity contribution >= 4 is 17.5 Å². The third-order valence-electron chi connectivity index (χ3n) is 3.88. The molecule has 4 nitrogen and oxygen atoms in total. The fourth-order valence-corrected chi connectivity index (χ4v) is 2.36. The molecule has 2 rings (SSSR count). The van der Waals surface area contributed by atoms with Gasteiger partial charge in [0, 0.05) is 11.7 Å². The largest absolute Gasteiger partial charge is 0.353 e. The van der Waals surface area contributed by atoms with Crippen LogP contribution in [0.25, 0.3) is 0 Å². The number of rotatable bonds is 7. The summed E-state index contributed by atoms with van der Waals surface area (Å²) in [6.45, 7) is 4.38. The predicted octanol–water partition coefficient (Wildman–Crippen LogP) is 3.52. The zero-order valence-corrected chi connectivity index (χ0v) is 14.2. The number of nitrogens with one attached hydrogen (secondary N) is 1. The molecule has 0 aliphatic heterocycles. The molecular weight excluding hydrogens is 300 g/mol. The van der Waals surface area contributed by atoms with Crippen molar-refractivity contribution in [2.45, 2.75) is 39.3 Å². The molecule has 0 saturated carbocycles. The number of anilines is 1. The van der Waals surface area contributed by atoms with E-state index in [0.29, 0.717) is 6.54 Å². The van der Waals surface area contributed by atoms with Crippen molar-refractivity contribution in [1.29, 1.82) is 0 Å². The zero-order valence-electron chi connectivity index (χ0n) is 14.2. The van der Waals surface area contributed by atoms with Crippen LogP contribution in [0.2, 0.25) is 0 Å². The van der Waals surface area contributed by atoms with Gasteiger partial charge in [-0.2, -0.15) is 0 Å². The molecule has 2 aromatic rings. The van der Waals surface area contributed by atoms with Gasteiger partial charge in [-0.05, 0) is 31.0 Å². The van der Waals surface area contributed by atoms with Crippen LogP contribution in [0.5, 0.6) is 0 Å². The number of carbonyl (C=O) groups is 2. The lowest BCUT2D eigenvalue weighted by atomic mass is 10.1. The van der Waals surface area contributed by atoms with Crippen LogP contribution in [0.15, 0.2) is 60.7 Å². The first-order chi connectivity index (χ1) is 11.6. The molecular formula is C20H24N2O2. The van der Waals surface area contributed by atoms with Crippen LogP contribution in [-0.4, -0.2) is 17.9 Å². The van der Waals surface area contributed by atoms with Gasteiger partial charge in [0.1, 0.15) is 6.42 Å². The Morgan fingerprint density at radius 1 is 1.00 bits per heavy atom. The Labute approximate surface area is 143 Å². The van der Waals surface area contributed by atoms with Crippen LogP contribution in [0.4, 0.5) is 5.69 Å². The molecule has 0 spiro atoms. The number of amides is 2. The molecule has 0 heterocycles. The van der Waals surface area contributed by atoms with Gasteiger partial charge in [0.2, 0.25) is 11.8 Å². The van der Waals surface area contributed by atoms with E-state index >= 15 is 0 Å². The van der Waals surface area contributed by atoms with E-state index in [-0.39, 0.29) is 24.3 Å². The molecule has 0 aliphatic rings. The summed E-state index contributed by atoms with van der Waals surface area (Å²) in [5.41, 5.74) is 1.82. The van der Waals surface area contributed by atoms with Gasteiger partial charge < -0.3 is 10.2 Å². The highest BCUT2D eigenvalue weighted by Gasteiger charge is 2.19. The van der Waals surface area contributed by atoms with E-state index in [1.807, 2.05) is 74.5 Å². The summed E-state index contributed by atoms with van der Waals surface area (Å²) >= 11 is 0. The van der Waals surface area contributed by atoms with Crippen molar-refractivity contribution in [3.05, 3.63) is 66.2 Å². The Morgan fingerprint density at radius 3 is 2.17 bits per heavy atom. The van der Waals surface area contributed by atoms with Crippen molar-refractivity contribution < 1.29 is 9.59 Å². The van der Waals surface area contributed by atoms with E-state index in [9.17, 15) is 9.59 Å². The summed E-state index contributed by atoms with van der Waals surface area (Å²) in [6.07, 6.45) is 0.693. The number of carbonyl (C=O) groups excluding carboxylic acids is 2. The van der Waals surface area contributed by atoms with Gasteiger partial charge in [-0.3, -0.25) is 9.59 Å². The quantitative estimate of drug-likeness (QED) is 0.792. The van der Waals surface area contributed by atoms with Gasteiger partial charge in [0.15, 0.2) is 0 Å². The molecule has 0 saturated heterocycles. The van der Waals surface area contributed by atoms with Crippen molar-refractivity contribution in [2.75, 3.05) is 4.90 Å². The Balaban J connectivity index is 2.13. The molecule has 0 aliphatic carbocycles. The number of para-hydroxylation sites is 1. The summed E-state index contributed by atoms with van der Waals surface area (Å²) in [6, 6.07) is 19.3. The van der Waals surface area contributed by atoms with Gasteiger partial charge in [-0.25, -0.2) is 0 Å². The van der Waals surface area contributed by atoms with Gasteiger partial charge in [0.25, 0.3) is 0 Å². The Kier molecular flexibility index (Phi) is 6.55. The van der Waals surface area contributed by atoms with Gasteiger partial charge in [-0.1, -0.05) is 55.5 Å². The predicted molar refractivity (Wildman–Crippen MR) is 96.6 cm³/mol. The van der Waals surface area contributed by atoms with Gasteiger partial charge in [-0.15, -0.1) is 0 Å². The minimum Gasteiger partial charge on any atom is -0.353 e. The minimum absolute atomic E-state index is 0.0737. The first-order valence-electron chi connectivity index (χ1n) is 8.29. The molecule has 1 atom stereocenters.